The molecule has 0 amide bonds. The predicted octanol–water partition coefficient (Wildman–Crippen LogP) is 4.89. The summed E-state index contributed by atoms with van der Waals surface area (Å²) >= 11 is 6.18. The van der Waals surface area contributed by atoms with Crippen molar-refractivity contribution in [1.82, 2.24) is 0 Å². The van der Waals surface area contributed by atoms with Gasteiger partial charge in [0.1, 0.15) is 22.6 Å². The van der Waals surface area contributed by atoms with Gasteiger partial charge in [0.15, 0.2) is 5.75 Å². The van der Waals surface area contributed by atoms with E-state index in [0.29, 0.717) is 5.56 Å². The molecule has 31 heavy (non-hydrogen) atoms. The molecule has 0 bridgehead atoms. The zero-order valence-electron chi connectivity index (χ0n) is 17.0. The van der Waals surface area contributed by atoms with Gasteiger partial charge in [-0.25, -0.2) is 4.79 Å². The van der Waals surface area contributed by atoms with Crippen LogP contribution in [-0.2, 0) is 4.57 Å². The van der Waals surface area contributed by atoms with E-state index < -0.39 is 13.3 Å². The Hall–Kier alpha value is -3.21. The maximum Gasteiger partial charge on any atom is 0.462 e. The van der Waals surface area contributed by atoms with Crippen molar-refractivity contribution < 1.29 is 28.4 Å². The second kappa shape index (κ2) is 9.73. The number of carbonyl (C=O) groups is 2. The predicted molar refractivity (Wildman–Crippen MR) is 119 cm³/mol. The molecule has 0 aliphatic rings. The molecule has 0 saturated heterocycles. The lowest BCUT2D eigenvalue weighted by atomic mass is 10.0. The number of rotatable bonds is 8. The number of hydrogen-bond acceptors (Lipinski definition) is 6. The molecule has 158 valence electrons. The Labute approximate surface area is 185 Å². The van der Waals surface area contributed by atoms with E-state index in [1.54, 1.807) is 42.5 Å². The van der Waals surface area contributed by atoms with E-state index in [-0.39, 0.29) is 44.5 Å². The van der Waals surface area contributed by atoms with Crippen LogP contribution in [0.1, 0.15) is 26.3 Å². The molecule has 0 spiro atoms. The Morgan fingerprint density at radius 2 is 1.42 bits per heavy atom. The van der Waals surface area contributed by atoms with Gasteiger partial charge in [-0.2, -0.15) is 0 Å². The van der Waals surface area contributed by atoms with E-state index in [9.17, 15) is 14.2 Å². The molecule has 0 N–H and O–H groups in total. The van der Waals surface area contributed by atoms with Gasteiger partial charge in [0.25, 0.3) is 0 Å². The molecule has 1 unspecified atom stereocenters. The quantitative estimate of drug-likeness (QED) is 0.354. The first kappa shape index (κ1) is 22.5. The number of hydrogen-bond donors (Lipinski definition) is 0. The van der Waals surface area contributed by atoms with Crippen molar-refractivity contribution in [3.8, 4) is 17.2 Å². The first-order valence-corrected chi connectivity index (χ1v) is 10.8. The Morgan fingerprint density at radius 3 is 2.03 bits per heavy atom. The van der Waals surface area contributed by atoms with Crippen molar-refractivity contribution in [2.24, 2.45) is 0 Å². The van der Waals surface area contributed by atoms with E-state index in [1.165, 1.54) is 39.5 Å². The van der Waals surface area contributed by atoms with Crippen molar-refractivity contribution >= 4 is 36.0 Å². The minimum atomic E-state index is -2.69. The van der Waals surface area contributed by atoms with Gasteiger partial charge in [-0.05, 0) is 24.3 Å². The molecule has 3 aromatic rings. The van der Waals surface area contributed by atoms with E-state index >= 15 is 0 Å². The second-order valence-corrected chi connectivity index (χ2v) is 8.19. The van der Waals surface area contributed by atoms with Gasteiger partial charge in [0.05, 0.1) is 26.4 Å². The third-order valence-corrected chi connectivity index (χ3v) is 6.30. The van der Waals surface area contributed by atoms with Gasteiger partial charge in [0, 0.05) is 5.56 Å². The van der Waals surface area contributed by atoms with Crippen LogP contribution in [0.2, 0.25) is 5.02 Å². The maximum absolute atomic E-state index is 13.3. The fourth-order valence-electron chi connectivity index (χ4n) is 3.13. The third kappa shape index (κ3) is 4.31. The van der Waals surface area contributed by atoms with Crippen LogP contribution in [0, 0.1) is 0 Å². The van der Waals surface area contributed by atoms with Crippen molar-refractivity contribution in [3.05, 3.63) is 82.4 Å². The summed E-state index contributed by atoms with van der Waals surface area (Å²) in [5, 5.41) is 0.172. The largest absolute Gasteiger partial charge is 0.496 e. The van der Waals surface area contributed by atoms with Crippen LogP contribution in [0.3, 0.4) is 0 Å². The average Bonchev–Trinajstić information content (AvgIpc) is 2.81. The summed E-state index contributed by atoms with van der Waals surface area (Å²) in [6.07, 6.45) is 0. The van der Waals surface area contributed by atoms with Crippen LogP contribution in [0.5, 0.6) is 17.2 Å². The highest BCUT2D eigenvalue weighted by Crippen LogP contribution is 2.40. The highest BCUT2D eigenvalue weighted by atomic mass is 35.5. The molecule has 6 nitrogen and oxygen atoms in total. The lowest BCUT2D eigenvalue weighted by molar-refractivity contribution is 0.103. The number of benzene rings is 3. The Bertz CT molecular complexity index is 1160. The van der Waals surface area contributed by atoms with Crippen molar-refractivity contribution in [2.45, 2.75) is 0 Å². The molecule has 0 aliphatic heterocycles. The Morgan fingerprint density at radius 1 is 0.774 bits per heavy atom. The summed E-state index contributed by atoms with van der Waals surface area (Å²) in [6, 6.07) is 16.1. The summed E-state index contributed by atoms with van der Waals surface area (Å²) in [5.41, 5.74) is -0.262. The third-order valence-electron chi connectivity index (χ3n) is 4.60. The van der Waals surface area contributed by atoms with Crippen LogP contribution >= 0.6 is 19.4 Å². The highest BCUT2D eigenvalue weighted by molar-refractivity contribution is 7.71. The van der Waals surface area contributed by atoms with Gasteiger partial charge in [0.2, 0.25) is 11.1 Å². The molecule has 8 heteroatoms. The first-order chi connectivity index (χ1) is 14.9. The zero-order valence-corrected chi connectivity index (χ0v) is 18.7. The van der Waals surface area contributed by atoms with E-state index in [1.807, 2.05) is 0 Å². The van der Waals surface area contributed by atoms with Gasteiger partial charge in [-0.3, -0.25) is 4.79 Å². The van der Waals surface area contributed by atoms with Gasteiger partial charge < -0.3 is 14.2 Å². The van der Waals surface area contributed by atoms with E-state index in [2.05, 4.69) is 0 Å². The summed E-state index contributed by atoms with van der Waals surface area (Å²) in [5.74, 6) is 0.0607. The lowest BCUT2D eigenvalue weighted by Gasteiger charge is -2.12. The van der Waals surface area contributed by atoms with Crippen LogP contribution in [0.15, 0.2) is 60.7 Å². The first-order valence-electron chi connectivity index (χ1n) is 9.13. The van der Waals surface area contributed by atoms with E-state index in [4.69, 9.17) is 25.8 Å². The monoisotopic (exact) mass is 457 g/mol. The maximum atomic E-state index is 13.3. The summed E-state index contributed by atoms with van der Waals surface area (Å²) in [7, 11) is 1.45. The molecule has 0 aliphatic carbocycles. The molecule has 0 saturated carbocycles. The highest BCUT2D eigenvalue weighted by Gasteiger charge is 2.41. The van der Waals surface area contributed by atoms with E-state index in [0.717, 1.165) is 0 Å². The van der Waals surface area contributed by atoms with Crippen molar-refractivity contribution in [1.29, 1.82) is 0 Å². The smallest absolute Gasteiger partial charge is 0.462 e. The summed E-state index contributed by atoms with van der Waals surface area (Å²) in [6.45, 7) is 0. The van der Waals surface area contributed by atoms with Crippen molar-refractivity contribution in [3.63, 3.8) is 0 Å². The standard InChI is InChI=1S/C23H19ClO6P/c1-28-16-11-7-10-15(24)19(16)23(26)31(27)18-13-12-17(29-2)20(22(18)30-3)21(25)14-8-5-4-6-9-14/h4-13H,1-3H3/q+1. The van der Waals surface area contributed by atoms with Crippen molar-refractivity contribution in [2.75, 3.05) is 21.3 Å². The molecular weight excluding hydrogens is 439 g/mol. The minimum Gasteiger partial charge on any atom is -0.496 e. The molecular formula is C23H19ClO6P+. The number of ether oxygens (including phenoxy) is 3. The van der Waals surface area contributed by atoms with Gasteiger partial charge >= 0.3 is 13.3 Å². The number of halogens is 1. The molecule has 0 heterocycles. The zero-order chi connectivity index (χ0) is 22.5. The van der Waals surface area contributed by atoms with Crippen LogP contribution in [0.25, 0.3) is 0 Å². The van der Waals surface area contributed by atoms with Crippen LogP contribution < -0.4 is 19.5 Å². The Balaban J connectivity index is 2.16. The molecule has 0 fully saturated rings. The van der Waals surface area contributed by atoms with Gasteiger partial charge in [-0.1, -0.05) is 52.6 Å². The topological polar surface area (TPSA) is 78.9 Å². The average molecular weight is 458 g/mol. The van der Waals surface area contributed by atoms with Crippen LogP contribution in [-0.4, -0.2) is 32.6 Å². The molecule has 1 atom stereocenters. The fourth-order valence-corrected chi connectivity index (χ4v) is 4.70. The number of ketones is 1. The van der Waals surface area contributed by atoms with Gasteiger partial charge in [-0.15, -0.1) is 0 Å². The number of carbonyl (C=O) groups excluding carboxylic acids is 2. The molecule has 3 rings (SSSR count). The summed E-state index contributed by atoms with van der Waals surface area (Å²) < 4.78 is 29.3. The SMILES string of the molecule is COc1cccc(Cl)c1C(=O)[P+](=O)c1ccc(OC)c(C(=O)c2ccccc2)c1OC. The number of methoxy groups -OCH3 is 3. The summed E-state index contributed by atoms with van der Waals surface area (Å²) in [4.78, 5) is 26.3. The molecule has 3 aromatic carbocycles. The Kier molecular flexibility index (Phi) is 7.06. The van der Waals surface area contributed by atoms with Crippen LogP contribution in [0.4, 0.5) is 0 Å². The lowest BCUT2D eigenvalue weighted by Crippen LogP contribution is -2.15. The normalized spacial score (nSPS) is 10.9. The fraction of sp³-hybridized carbons (Fsp3) is 0.130. The molecule has 0 aromatic heterocycles. The second-order valence-electron chi connectivity index (χ2n) is 6.31. The molecule has 0 radical (unpaired) electrons. The minimum absolute atomic E-state index is 0.00147.